The van der Waals surface area contributed by atoms with E-state index in [0.717, 1.165) is 19.1 Å². The van der Waals surface area contributed by atoms with E-state index < -0.39 is 0 Å². The third kappa shape index (κ3) is 2.63. The van der Waals surface area contributed by atoms with Crippen LogP contribution in [0.3, 0.4) is 0 Å². The lowest BCUT2D eigenvalue weighted by Gasteiger charge is -2.11. The Hall–Kier alpha value is -0.760. The fraction of sp³-hybridized carbons (Fsp3) is 0.692. The Morgan fingerprint density at radius 1 is 1.27 bits per heavy atom. The highest BCUT2D eigenvalue weighted by Crippen LogP contribution is 2.20. The molecule has 0 radical (unpaired) electrons. The van der Waals surface area contributed by atoms with Crippen LogP contribution < -0.4 is 5.32 Å². The number of aryl methyl sites for hydroxylation is 1. The molecule has 1 saturated carbocycles. The number of nitrogens with one attached hydrogen (secondary N) is 1. The Balaban J connectivity index is 2.00. The van der Waals surface area contributed by atoms with Crippen LogP contribution in [0, 0.1) is 0 Å². The molecule has 0 unspecified atom stereocenters. The van der Waals surface area contributed by atoms with Gasteiger partial charge in [-0.1, -0.05) is 13.3 Å². The fourth-order valence-corrected chi connectivity index (χ4v) is 2.13. The lowest BCUT2D eigenvalue weighted by Crippen LogP contribution is -2.18. The van der Waals surface area contributed by atoms with Crippen molar-refractivity contribution in [2.45, 2.75) is 58.7 Å². The van der Waals surface area contributed by atoms with E-state index in [1.807, 2.05) is 0 Å². The Morgan fingerprint density at radius 3 is 2.60 bits per heavy atom. The minimum atomic E-state index is 0.805. The van der Waals surface area contributed by atoms with Crippen LogP contribution in [0.2, 0.25) is 0 Å². The lowest BCUT2D eigenvalue weighted by atomic mass is 10.2. The van der Waals surface area contributed by atoms with E-state index >= 15 is 0 Å². The van der Waals surface area contributed by atoms with Gasteiger partial charge < -0.3 is 9.88 Å². The minimum Gasteiger partial charge on any atom is -0.348 e. The molecule has 1 fully saturated rings. The van der Waals surface area contributed by atoms with Crippen molar-refractivity contribution in [2.75, 3.05) is 0 Å². The predicted octanol–water partition coefficient (Wildman–Crippen LogP) is 2.71. The topological polar surface area (TPSA) is 17.0 Å². The maximum Gasteiger partial charge on any atom is 0.0361 e. The van der Waals surface area contributed by atoms with E-state index in [-0.39, 0.29) is 0 Å². The molecule has 84 valence electrons. The van der Waals surface area contributed by atoms with E-state index in [4.69, 9.17) is 0 Å². The predicted molar refractivity (Wildman–Crippen MR) is 64.0 cm³/mol. The maximum atomic E-state index is 3.58. The zero-order valence-corrected chi connectivity index (χ0v) is 9.92. The van der Waals surface area contributed by atoms with Gasteiger partial charge in [0.1, 0.15) is 0 Å². The van der Waals surface area contributed by atoms with Gasteiger partial charge in [-0.3, -0.25) is 0 Å². The van der Waals surface area contributed by atoms with Crippen molar-refractivity contribution in [3.8, 4) is 0 Å². The Labute approximate surface area is 92.7 Å². The summed E-state index contributed by atoms with van der Waals surface area (Å²) < 4.78 is 2.46. The molecule has 1 aromatic rings. The number of hydrogen-bond acceptors (Lipinski definition) is 1. The third-order valence-electron chi connectivity index (χ3n) is 3.13. The van der Waals surface area contributed by atoms with Crippen LogP contribution in [-0.2, 0) is 19.5 Å². The lowest BCUT2D eigenvalue weighted by molar-refractivity contribution is 0.607. The number of hydrogen-bond donors (Lipinski definition) is 1. The summed E-state index contributed by atoms with van der Waals surface area (Å²) in [5.74, 6) is 0. The Morgan fingerprint density at radius 2 is 2.00 bits per heavy atom. The molecule has 2 rings (SSSR count). The van der Waals surface area contributed by atoms with Crippen LogP contribution >= 0.6 is 0 Å². The summed E-state index contributed by atoms with van der Waals surface area (Å²) in [5, 5.41) is 3.58. The largest absolute Gasteiger partial charge is 0.348 e. The fourth-order valence-electron chi connectivity index (χ4n) is 2.13. The molecule has 1 N–H and O–H groups in total. The maximum absolute atomic E-state index is 3.58. The van der Waals surface area contributed by atoms with Crippen LogP contribution in [0.25, 0.3) is 0 Å². The Kier molecular flexibility index (Phi) is 3.47. The highest BCUT2D eigenvalue weighted by molar-refractivity contribution is 5.17. The van der Waals surface area contributed by atoms with Crippen molar-refractivity contribution in [3.05, 3.63) is 23.5 Å². The van der Waals surface area contributed by atoms with Gasteiger partial charge in [-0.15, -0.1) is 0 Å². The summed E-state index contributed by atoms with van der Waals surface area (Å²) >= 11 is 0. The van der Waals surface area contributed by atoms with Crippen LogP contribution in [0.15, 0.2) is 12.1 Å². The van der Waals surface area contributed by atoms with Crippen molar-refractivity contribution in [1.82, 2.24) is 9.88 Å². The van der Waals surface area contributed by atoms with Gasteiger partial charge in [0.15, 0.2) is 0 Å². The molecule has 0 bridgehead atoms. The molecule has 0 aliphatic heterocycles. The normalized spacial score (nSPS) is 15.9. The Bertz CT molecular complexity index is 310. The van der Waals surface area contributed by atoms with E-state index in [9.17, 15) is 0 Å². The van der Waals surface area contributed by atoms with Crippen molar-refractivity contribution in [3.63, 3.8) is 0 Å². The van der Waals surface area contributed by atoms with Gasteiger partial charge in [0.2, 0.25) is 0 Å². The standard InChI is InChI=1S/C13H22N2/c1-3-5-12-8-9-13(15(12)4-2)10-14-11-6-7-11/h8-9,11,14H,3-7,10H2,1-2H3. The van der Waals surface area contributed by atoms with Gasteiger partial charge in [0, 0.05) is 30.5 Å². The zero-order valence-electron chi connectivity index (χ0n) is 9.92. The van der Waals surface area contributed by atoms with Crippen LogP contribution in [0.4, 0.5) is 0 Å². The molecule has 0 amide bonds. The molecule has 1 aliphatic rings. The SMILES string of the molecule is CCCc1ccc(CNC2CC2)n1CC. The molecule has 15 heavy (non-hydrogen) atoms. The second kappa shape index (κ2) is 4.84. The highest BCUT2D eigenvalue weighted by atomic mass is 15.0. The molecule has 0 saturated heterocycles. The molecular weight excluding hydrogens is 184 g/mol. The van der Waals surface area contributed by atoms with E-state index in [0.29, 0.717) is 0 Å². The monoisotopic (exact) mass is 206 g/mol. The number of nitrogens with zero attached hydrogens (tertiary/aromatic N) is 1. The zero-order chi connectivity index (χ0) is 10.7. The van der Waals surface area contributed by atoms with Crippen LogP contribution in [-0.4, -0.2) is 10.6 Å². The smallest absolute Gasteiger partial charge is 0.0361 e. The quantitative estimate of drug-likeness (QED) is 0.757. The summed E-state index contributed by atoms with van der Waals surface area (Å²) in [7, 11) is 0. The highest BCUT2D eigenvalue weighted by Gasteiger charge is 2.20. The molecule has 1 aliphatic carbocycles. The molecule has 0 atom stereocenters. The summed E-state index contributed by atoms with van der Waals surface area (Å²) in [5.41, 5.74) is 2.94. The van der Waals surface area contributed by atoms with Gasteiger partial charge in [0.05, 0.1) is 0 Å². The first-order valence-corrected chi connectivity index (χ1v) is 6.25. The van der Waals surface area contributed by atoms with E-state index in [1.54, 1.807) is 0 Å². The minimum absolute atomic E-state index is 0.805. The van der Waals surface area contributed by atoms with Crippen LogP contribution in [0.1, 0.15) is 44.5 Å². The average Bonchev–Trinajstić information content (AvgIpc) is 2.99. The average molecular weight is 206 g/mol. The number of rotatable bonds is 6. The second-order valence-corrected chi connectivity index (χ2v) is 4.47. The second-order valence-electron chi connectivity index (χ2n) is 4.47. The van der Waals surface area contributed by atoms with Crippen LogP contribution in [0.5, 0.6) is 0 Å². The van der Waals surface area contributed by atoms with Crippen molar-refractivity contribution in [1.29, 1.82) is 0 Å². The molecule has 2 nitrogen and oxygen atoms in total. The van der Waals surface area contributed by atoms with Gasteiger partial charge in [-0.05, 0) is 38.3 Å². The van der Waals surface area contributed by atoms with E-state index in [1.165, 1.54) is 37.1 Å². The van der Waals surface area contributed by atoms with Crippen molar-refractivity contribution in [2.24, 2.45) is 0 Å². The molecular formula is C13H22N2. The first kappa shape index (κ1) is 10.7. The summed E-state index contributed by atoms with van der Waals surface area (Å²) in [6, 6.07) is 5.38. The van der Waals surface area contributed by atoms with Crippen molar-refractivity contribution >= 4 is 0 Å². The van der Waals surface area contributed by atoms with Gasteiger partial charge >= 0.3 is 0 Å². The third-order valence-corrected chi connectivity index (χ3v) is 3.13. The molecule has 2 heteroatoms. The van der Waals surface area contributed by atoms with E-state index in [2.05, 4.69) is 35.9 Å². The van der Waals surface area contributed by atoms with Gasteiger partial charge in [-0.25, -0.2) is 0 Å². The summed E-state index contributed by atoms with van der Waals surface area (Å²) in [6.07, 6.45) is 5.18. The molecule has 1 aromatic heterocycles. The molecule has 0 spiro atoms. The van der Waals surface area contributed by atoms with Gasteiger partial charge in [0.25, 0.3) is 0 Å². The summed E-state index contributed by atoms with van der Waals surface area (Å²) in [4.78, 5) is 0. The first-order chi connectivity index (χ1) is 7.35. The molecule has 0 aromatic carbocycles. The van der Waals surface area contributed by atoms with Crippen molar-refractivity contribution < 1.29 is 0 Å². The van der Waals surface area contributed by atoms with Gasteiger partial charge in [-0.2, -0.15) is 0 Å². The first-order valence-electron chi connectivity index (χ1n) is 6.25. The summed E-state index contributed by atoms with van der Waals surface area (Å²) in [6.45, 7) is 6.63. The number of aromatic nitrogens is 1. The molecule has 1 heterocycles.